The van der Waals surface area contributed by atoms with Crippen LogP contribution >= 0.6 is 12.2 Å². The number of aromatic nitrogens is 3. The number of fused-ring (bicyclic) bond motifs is 1. The molecular weight excluding hydrogens is 351 g/mol. The van der Waals surface area contributed by atoms with E-state index in [4.69, 9.17) is 12.2 Å². The molecule has 1 heterocycles. The van der Waals surface area contributed by atoms with Crippen LogP contribution in [-0.4, -0.2) is 26.2 Å². The number of aromatic amines is 1. The van der Waals surface area contributed by atoms with Gasteiger partial charge < -0.3 is 5.11 Å². The van der Waals surface area contributed by atoms with Crippen LogP contribution < -0.4 is 0 Å². The lowest BCUT2D eigenvalue weighted by Gasteiger charge is -2.05. The van der Waals surface area contributed by atoms with E-state index in [1.165, 1.54) is 17.0 Å². The standard InChI is InChI=1S/C19H13FN4OS/c20-16-8-4-3-7-14(16)18-22-23-19(26)24(18)21-11-15-13-6-2-1-5-12(13)9-10-17(15)25/h1-11,25H,(H,23,26)/b21-11+. The molecule has 2 N–H and O–H groups in total. The summed E-state index contributed by atoms with van der Waals surface area (Å²) >= 11 is 5.21. The van der Waals surface area contributed by atoms with Gasteiger partial charge in [-0.1, -0.05) is 42.5 Å². The predicted octanol–water partition coefficient (Wildman–Crippen LogP) is 4.49. The number of halogens is 1. The van der Waals surface area contributed by atoms with Crippen molar-refractivity contribution in [3.63, 3.8) is 0 Å². The van der Waals surface area contributed by atoms with E-state index in [9.17, 15) is 9.50 Å². The predicted molar refractivity (Wildman–Crippen MR) is 101 cm³/mol. The number of aromatic hydroxyl groups is 1. The fraction of sp³-hybridized carbons (Fsp3) is 0. The highest BCUT2D eigenvalue weighted by molar-refractivity contribution is 7.71. The van der Waals surface area contributed by atoms with E-state index in [2.05, 4.69) is 15.3 Å². The van der Waals surface area contributed by atoms with E-state index in [0.717, 1.165) is 10.8 Å². The first-order valence-corrected chi connectivity index (χ1v) is 8.23. The molecule has 0 amide bonds. The maximum atomic E-state index is 14.1. The van der Waals surface area contributed by atoms with Crippen molar-refractivity contribution in [2.24, 2.45) is 5.10 Å². The first kappa shape index (κ1) is 16.2. The van der Waals surface area contributed by atoms with Gasteiger partial charge in [0, 0.05) is 5.56 Å². The largest absolute Gasteiger partial charge is 0.507 e. The second-order valence-corrected chi connectivity index (χ2v) is 5.99. The molecule has 128 valence electrons. The molecule has 0 unspecified atom stereocenters. The molecule has 0 aliphatic carbocycles. The van der Waals surface area contributed by atoms with Crippen LogP contribution in [0.15, 0.2) is 65.8 Å². The molecule has 0 saturated carbocycles. The Bertz CT molecular complexity index is 1200. The van der Waals surface area contributed by atoms with Gasteiger partial charge in [0.1, 0.15) is 11.6 Å². The Balaban J connectivity index is 1.85. The third-order valence-electron chi connectivity index (χ3n) is 4.02. The number of rotatable bonds is 3. The maximum absolute atomic E-state index is 14.1. The lowest BCUT2D eigenvalue weighted by molar-refractivity contribution is 0.475. The van der Waals surface area contributed by atoms with Crippen molar-refractivity contribution in [1.82, 2.24) is 14.9 Å². The Hall–Kier alpha value is -3.32. The highest BCUT2D eigenvalue weighted by Gasteiger charge is 2.12. The molecule has 4 aromatic rings. The molecule has 0 radical (unpaired) electrons. The summed E-state index contributed by atoms with van der Waals surface area (Å²) in [6.45, 7) is 0. The highest BCUT2D eigenvalue weighted by atomic mass is 32.1. The third kappa shape index (κ3) is 2.78. The molecule has 0 atom stereocenters. The van der Waals surface area contributed by atoms with Gasteiger partial charge >= 0.3 is 0 Å². The Morgan fingerprint density at radius 1 is 1.08 bits per heavy atom. The second-order valence-electron chi connectivity index (χ2n) is 5.61. The molecule has 4 rings (SSSR count). The highest BCUT2D eigenvalue weighted by Crippen LogP contribution is 2.26. The third-order valence-corrected chi connectivity index (χ3v) is 4.28. The zero-order chi connectivity index (χ0) is 18.1. The van der Waals surface area contributed by atoms with Crippen molar-refractivity contribution in [2.75, 3.05) is 0 Å². The fourth-order valence-electron chi connectivity index (χ4n) is 2.75. The number of hydrogen-bond donors (Lipinski definition) is 2. The van der Waals surface area contributed by atoms with Crippen LogP contribution in [0.1, 0.15) is 5.56 Å². The van der Waals surface area contributed by atoms with E-state index in [0.29, 0.717) is 5.56 Å². The van der Waals surface area contributed by atoms with E-state index in [1.54, 1.807) is 24.3 Å². The molecule has 3 aromatic carbocycles. The summed E-state index contributed by atoms with van der Waals surface area (Å²) in [6, 6.07) is 17.3. The van der Waals surface area contributed by atoms with Gasteiger partial charge in [-0.15, -0.1) is 0 Å². The summed E-state index contributed by atoms with van der Waals surface area (Å²) in [4.78, 5) is 0. The summed E-state index contributed by atoms with van der Waals surface area (Å²) in [7, 11) is 0. The average Bonchev–Trinajstić information content (AvgIpc) is 3.02. The molecule has 1 aromatic heterocycles. The molecule has 0 fully saturated rings. The zero-order valence-corrected chi connectivity index (χ0v) is 14.2. The molecule has 7 heteroatoms. The number of phenolic OH excluding ortho intramolecular Hbond substituents is 1. The molecule has 0 bridgehead atoms. The van der Waals surface area contributed by atoms with Crippen LogP contribution in [0.5, 0.6) is 5.75 Å². The summed E-state index contributed by atoms with van der Waals surface area (Å²) in [5.41, 5.74) is 0.824. The maximum Gasteiger partial charge on any atom is 0.216 e. The van der Waals surface area contributed by atoms with Gasteiger partial charge in [0.15, 0.2) is 5.82 Å². The van der Waals surface area contributed by atoms with E-state index in [1.807, 2.05) is 30.3 Å². The first-order valence-electron chi connectivity index (χ1n) is 7.82. The Morgan fingerprint density at radius 3 is 2.69 bits per heavy atom. The quantitative estimate of drug-likeness (QED) is 0.416. The Labute approximate surface area is 153 Å². The number of nitrogens with one attached hydrogen (secondary N) is 1. The van der Waals surface area contributed by atoms with E-state index < -0.39 is 5.82 Å². The number of benzene rings is 3. The molecule has 5 nitrogen and oxygen atoms in total. The van der Waals surface area contributed by atoms with Crippen LogP contribution in [0.4, 0.5) is 4.39 Å². The topological polar surface area (TPSA) is 66.2 Å². The summed E-state index contributed by atoms with van der Waals surface area (Å²) in [5.74, 6) is -0.0788. The van der Waals surface area contributed by atoms with Crippen molar-refractivity contribution in [3.8, 4) is 17.1 Å². The van der Waals surface area contributed by atoms with Crippen molar-refractivity contribution >= 4 is 29.2 Å². The van der Waals surface area contributed by atoms with Gasteiger partial charge in [-0.05, 0) is 41.2 Å². The SMILES string of the molecule is Oc1ccc2ccccc2c1/C=N/n1c(-c2ccccc2F)n[nH]c1=S. The van der Waals surface area contributed by atoms with Crippen molar-refractivity contribution in [2.45, 2.75) is 0 Å². The number of hydrogen-bond acceptors (Lipinski definition) is 4. The minimum absolute atomic E-state index is 0.0925. The van der Waals surface area contributed by atoms with Crippen LogP contribution in [0.25, 0.3) is 22.2 Å². The smallest absolute Gasteiger partial charge is 0.216 e. The number of nitrogens with zero attached hydrogens (tertiary/aromatic N) is 3. The van der Waals surface area contributed by atoms with Crippen molar-refractivity contribution in [1.29, 1.82) is 0 Å². The van der Waals surface area contributed by atoms with Crippen LogP contribution in [0, 0.1) is 10.6 Å². The van der Waals surface area contributed by atoms with Gasteiger partial charge in [-0.3, -0.25) is 0 Å². The Kier molecular flexibility index (Phi) is 4.06. The summed E-state index contributed by atoms with van der Waals surface area (Å²) < 4.78 is 15.7. The van der Waals surface area contributed by atoms with Crippen LogP contribution in [0.3, 0.4) is 0 Å². The van der Waals surface area contributed by atoms with Gasteiger partial charge in [0.25, 0.3) is 0 Å². The normalized spacial score (nSPS) is 11.4. The Morgan fingerprint density at radius 2 is 1.85 bits per heavy atom. The summed E-state index contributed by atoms with van der Waals surface area (Å²) in [5, 5.41) is 23.1. The zero-order valence-electron chi connectivity index (χ0n) is 13.4. The van der Waals surface area contributed by atoms with Gasteiger partial charge in [-0.2, -0.15) is 14.9 Å². The molecule has 0 aliphatic heterocycles. The van der Waals surface area contributed by atoms with Gasteiger partial charge in [0.05, 0.1) is 11.8 Å². The van der Waals surface area contributed by atoms with Crippen LogP contribution in [0.2, 0.25) is 0 Å². The minimum Gasteiger partial charge on any atom is -0.507 e. The lowest BCUT2D eigenvalue weighted by Crippen LogP contribution is -1.97. The monoisotopic (exact) mass is 364 g/mol. The number of phenols is 1. The van der Waals surface area contributed by atoms with Crippen molar-refractivity contribution in [3.05, 3.63) is 76.8 Å². The minimum atomic E-state index is -0.425. The molecule has 26 heavy (non-hydrogen) atoms. The summed E-state index contributed by atoms with van der Waals surface area (Å²) in [6.07, 6.45) is 1.49. The van der Waals surface area contributed by atoms with Gasteiger partial charge in [-0.25, -0.2) is 9.49 Å². The van der Waals surface area contributed by atoms with E-state index in [-0.39, 0.29) is 21.9 Å². The molecule has 0 saturated heterocycles. The number of H-pyrrole nitrogens is 1. The average molecular weight is 364 g/mol. The van der Waals surface area contributed by atoms with Crippen LogP contribution in [-0.2, 0) is 0 Å². The lowest BCUT2D eigenvalue weighted by atomic mass is 10.0. The second kappa shape index (κ2) is 6.53. The van der Waals surface area contributed by atoms with E-state index >= 15 is 0 Å². The first-order chi connectivity index (χ1) is 12.6. The van der Waals surface area contributed by atoms with Gasteiger partial charge in [0.2, 0.25) is 4.77 Å². The fourth-order valence-corrected chi connectivity index (χ4v) is 2.93. The molecule has 0 spiro atoms. The molecular formula is C19H13FN4OS. The molecule has 0 aliphatic rings. The van der Waals surface area contributed by atoms with Crippen molar-refractivity contribution < 1.29 is 9.50 Å².